The van der Waals surface area contributed by atoms with Crippen LogP contribution in [0.1, 0.15) is 43.4 Å². The van der Waals surface area contributed by atoms with Crippen LogP contribution in [0.4, 0.5) is 0 Å². The van der Waals surface area contributed by atoms with Crippen molar-refractivity contribution in [1.82, 2.24) is 10.2 Å². The number of rotatable bonds is 8. The molecule has 34 heavy (non-hydrogen) atoms. The van der Waals surface area contributed by atoms with E-state index < -0.39 is 17.9 Å². The highest BCUT2D eigenvalue weighted by Gasteiger charge is 2.48. The fourth-order valence-electron chi connectivity index (χ4n) is 4.83. The van der Waals surface area contributed by atoms with Crippen LogP contribution in [-0.4, -0.2) is 61.3 Å². The maximum absolute atomic E-state index is 12.8. The number of hydrogen-bond donors (Lipinski definition) is 2. The van der Waals surface area contributed by atoms with Gasteiger partial charge in [0.05, 0.1) is 19.6 Å². The van der Waals surface area contributed by atoms with Crippen LogP contribution in [0.15, 0.2) is 42.5 Å². The fourth-order valence-corrected chi connectivity index (χ4v) is 4.83. The van der Waals surface area contributed by atoms with E-state index in [0.717, 1.165) is 17.5 Å². The fraction of sp³-hybridized carbons (Fsp3) is 0.462. The summed E-state index contributed by atoms with van der Waals surface area (Å²) in [5, 5.41) is 13.3. The van der Waals surface area contributed by atoms with Crippen molar-refractivity contribution in [3.8, 4) is 17.2 Å². The average Bonchev–Trinajstić information content (AvgIpc) is 3.22. The van der Waals surface area contributed by atoms with E-state index in [-0.39, 0.29) is 24.4 Å². The van der Waals surface area contributed by atoms with Crippen LogP contribution in [-0.2, 0) is 9.59 Å². The molecule has 2 aromatic carbocycles. The first-order chi connectivity index (χ1) is 16.4. The SMILES string of the molecule is CCC(C)NC(=O)CN1CC(c2ccc3c(c2)OCCO3)C(C(=O)O)C1c1ccc(OC)cc1. The molecule has 2 heterocycles. The van der Waals surface area contributed by atoms with Gasteiger partial charge in [0.25, 0.3) is 0 Å². The van der Waals surface area contributed by atoms with E-state index in [1.165, 1.54) is 0 Å². The smallest absolute Gasteiger partial charge is 0.309 e. The van der Waals surface area contributed by atoms with Crippen molar-refractivity contribution in [1.29, 1.82) is 0 Å². The molecular weight excluding hydrogens is 436 g/mol. The third-order valence-electron chi connectivity index (χ3n) is 6.70. The Kier molecular flexibility index (Phi) is 7.26. The molecule has 182 valence electrons. The van der Waals surface area contributed by atoms with E-state index >= 15 is 0 Å². The van der Waals surface area contributed by atoms with Gasteiger partial charge in [0.15, 0.2) is 11.5 Å². The van der Waals surface area contributed by atoms with E-state index in [0.29, 0.717) is 37.0 Å². The van der Waals surface area contributed by atoms with Crippen LogP contribution < -0.4 is 19.5 Å². The molecule has 0 spiro atoms. The number of amides is 1. The Morgan fingerprint density at radius 3 is 2.44 bits per heavy atom. The highest BCUT2D eigenvalue weighted by Crippen LogP contribution is 2.47. The second-order valence-corrected chi connectivity index (χ2v) is 8.90. The Balaban J connectivity index is 1.69. The van der Waals surface area contributed by atoms with Gasteiger partial charge in [-0.2, -0.15) is 0 Å². The van der Waals surface area contributed by atoms with E-state index in [1.807, 2.05) is 61.2 Å². The first-order valence-corrected chi connectivity index (χ1v) is 11.7. The van der Waals surface area contributed by atoms with Crippen molar-refractivity contribution < 1.29 is 28.9 Å². The first-order valence-electron chi connectivity index (χ1n) is 11.7. The summed E-state index contributed by atoms with van der Waals surface area (Å²) >= 11 is 0. The average molecular weight is 469 g/mol. The van der Waals surface area contributed by atoms with Gasteiger partial charge in [-0.05, 0) is 48.7 Å². The summed E-state index contributed by atoms with van der Waals surface area (Å²) in [7, 11) is 1.59. The molecule has 0 aliphatic carbocycles. The number of aliphatic carboxylic acids is 1. The lowest BCUT2D eigenvalue weighted by atomic mass is 9.82. The number of carbonyl (C=O) groups is 2. The van der Waals surface area contributed by atoms with Gasteiger partial charge in [-0.25, -0.2) is 0 Å². The Hall–Kier alpha value is -3.26. The van der Waals surface area contributed by atoms with Crippen LogP contribution in [0.5, 0.6) is 17.2 Å². The minimum atomic E-state index is -0.898. The molecule has 0 radical (unpaired) electrons. The van der Waals surface area contributed by atoms with E-state index in [4.69, 9.17) is 14.2 Å². The van der Waals surface area contributed by atoms with Gasteiger partial charge in [0.1, 0.15) is 19.0 Å². The number of fused-ring (bicyclic) bond motifs is 1. The monoisotopic (exact) mass is 468 g/mol. The lowest BCUT2D eigenvalue weighted by molar-refractivity contribution is -0.143. The molecule has 4 atom stereocenters. The summed E-state index contributed by atoms with van der Waals surface area (Å²) in [5.74, 6) is -0.0918. The zero-order valence-corrected chi connectivity index (χ0v) is 19.8. The second kappa shape index (κ2) is 10.3. The molecule has 1 fully saturated rings. The zero-order chi connectivity index (χ0) is 24.2. The molecule has 4 unspecified atom stereocenters. The minimum Gasteiger partial charge on any atom is -0.497 e. The summed E-state index contributed by atoms with van der Waals surface area (Å²) in [5.41, 5.74) is 1.70. The minimum absolute atomic E-state index is 0.0541. The van der Waals surface area contributed by atoms with Crippen molar-refractivity contribution >= 4 is 11.9 Å². The number of carboxylic acid groups (broad SMARTS) is 1. The Bertz CT molecular complexity index is 1020. The van der Waals surface area contributed by atoms with Crippen LogP contribution in [0.25, 0.3) is 0 Å². The van der Waals surface area contributed by atoms with Crippen LogP contribution in [0.3, 0.4) is 0 Å². The summed E-state index contributed by atoms with van der Waals surface area (Å²) in [6.07, 6.45) is 0.825. The van der Waals surface area contributed by atoms with E-state index in [1.54, 1.807) is 7.11 Å². The summed E-state index contributed by atoms with van der Waals surface area (Å²) in [6, 6.07) is 12.6. The van der Waals surface area contributed by atoms with Crippen molar-refractivity contribution in [3.63, 3.8) is 0 Å². The lowest BCUT2D eigenvalue weighted by Gasteiger charge is -2.27. The van der Waals surface area contributed by atoms with Gasteiger partial charge < -0.3 is 24.6 Å². The molecule has 0 saturated carbocycles. The molecule has 2 aliphatic rings. The summed E-state index contributed by atoms with van der Waals surface area (Å²) < 4.78 is 16.6. The van der Waals surface area contributed by atoms with Gasteiger partial charge in [-0.15, -0.1) is 0 Å². The number of nitrogens with one attached hydrogen (secondary N) is 1. The Morgan fingerprint density at radius 1 is 1.12 bits per heavy atom. The van der Waals surface area contributed by atoms with Gasteiger partial charge in [0.2, 0.25) is 5.91 Å². The zero-order valence-electron chi connectivity index (χ0n) is 19.8. The van der Waals surface area contributed by atoms with Crippen molar-refractivity contribution in [3.05, 3.63) is 53.6 Å². The Labute approximate surface area is 199 Å². The molecule has 2 aromatic rings. The molecule has 0 bridgehead atoms. The topological polar surface area (TPSA) is 97.3 Å². The van der Waals surface area contributed by atoms with Crippen LogP contribution in [0, 0.1) is 5.92 Å². The van der Waals surface area contributed by atoms with Gasteiger partial charge >= 0.3 is 5.97 Å². The van der Waals surface area contributed by atoms with Gasteiger partial charge in [-0.3, -0.25) is 14.5 Å². The number of likely N-dealkylation sites (tertiary alicyclic amines) is 1. The molecule has 1 amide bonds. The normalized spacial score (nSPS) is 22.7. The number of methoxy groups -OCH3 is 1. The second-order valence-electron chi connectivity index (χ2n) is 8.90. The number of ether oxygens (including phenoxy) is 3. The number of carbonyl (C=O) groups excluding carboxylic acids is 1. The van der Waals surface area contributed by atoms with Crippen LogP contribution >= 0.6 is 0 Å². The third kappa shape index (κ3) is 4.97. The molecule has 0 aromatic heterocycles. The van der Waals surface area contributed by atoms with Crippen molar-refractivity contribution in [2.75, 3.05) is 33.4 Å². The van der Waals surface area contributed by atoms with Gasteiger partial charge in [0, 0.05) is 24.5 Å². The Morgan fingerprint density at radius 2 is 1.79 bits per heavy atom. The van der Waals surface area contributed by atoms with Crippen LogP contribution in [0.2, 0.25) is 0 Å². The van der Waals surface area contributed by atoms with E-state index in [2.05, 4.69) is 5.32 Å². The number of nitrogens with zero attached hydrogens (tertiary/aromatic N) is 1. The molecule has 2 aliphatic heterocycles. The quantitative estimate of drug-likeness (QED) is 0.614. The number of carboxylic acids is 1. The standard InChI is InChI=1S/C26H32N2O6/c1-4-16(2)27-23(29)15-28-14-20(18-7-10-21-22(13-18)34-12-11-33-21)24(26(30)31)25(28)17-5-8-19(32-3)9-6-17/h5-10,13,16,20,24-25H,4,11-12,14-15H2,1-3H3,(H,27,29)(H,30,31). The summed E-state index contributed by atoms with van der Waals surface area (Å²) in [6.45, 7) is 5.47. The van der Waals surface area contributed by atoms with E-state index in [9.17, 15) is 14.7 Å². The van der Waals surface area contributed by atoms with Gasteiger partial charge in [-0.1, -0.05) is 25.1 Å². The first kappa shape index (κ1) is 23.9. The highest BCUT2D eigenvalue weighted by molar-refractivity contribution is 5.79. The molecule has 4 rings (SSSR count). The molecule has 8 nitrogen and oxygen atoms in total. The predicted molar refractivity (Wildman–Crippen MR) is 127 cm³/mol. The largest absolute Gasteiger partial charge is 0.497 e. The molecule has 1 saturated heterocycles. The maximum atomic E-state index is 12.8. The van der Waals surface area contributed by atoms with Crippen molar-refractivity contribution in [2.45, 2.75) is 38.3 Å². The predicted octanol–water partition coefficient (Wildman–Crippen LogP) is 3.22. The van der Waals surface area contributed by atoms with Crippen molar-refractivity contribution in [2.24, 2.45) is 5.92 Å². The molecular formula is C26H32N2O6. The third-order valence-corrected chi connectivity index (χ3v) is 6.70. The number of hydrogen-bond acceptors (Lipinski definition) is 6. The maximum Gasteiger partial charge on any atom is 0.309 e. The molecule has 8 heteroatoms. The number of benzene rings is 2. The lowest BCUT2D eigenvalue weighted by Crippen LogP contribution is -2.41. The molecule has 2 N–H and O–H groups in total. The summed E-state index contributed by atoms with van der Waals surface area (Å²) in [4.78, 5) is 27.4. The highest BCUT2D eigenvalue weighted by atomic mass is 16.6.